The molecule has 0 aliphatic carbocycles. The first-order valence-corrected chi connectivity index (χ1v) is 6.35. The summed E-state index contributed by atoms with van der Waals surface area (Å²) in [6.07, 6.45) is 1.25. The number of carboxylic acids is 1. The van der Waals surface area contributed by atoms with Gasteiger partial charge in [-0.2, -0.15) is 4.98 Å². The second kappa shape index (κ2) is 6.47. The van der Waals surface area contributed by atoms with Crippen LogP contribution in [0.5, 0.6) is 0 Å². The molecule has 0 amide bonds. The van der Waals surface area contributed by atoms with Crippen molar-refractivity contribution < 1.29 is 14.8 Å². The molecule has 0 aliphatic rings. The van der Waals surface area contributed by atoms with Gasteiger partial charge in [0.2, 0.25) is 11.1 Å². The number of carbonyl (C=O) groups is 1. The molecular formula is C11H15ClN4O4. The predicted octanol–water partition coefficient (Wildman–Crippen LogP) is 2.12. The maximum absolute atomic E-state index is 11.3. The van der Waals surface area contributed by atoms with E-state index in [9.17, 15) is 20.0 Å². The van der Waals surface area contributed by atoms with E-state index in [2.05, 4.69) is 9.97 Å². The van der Waals surface area contributed by atoms with Crippen LogP contribution in [0, 0.1) is 10.1 Å². The van der Waals surface area contributed by atoms with E-state index in [1.807, 2.05) is 0 Å². The highest BCUT2D eigenvalue weighted by molar-refractivity contribution is 6.28. The highest BCUT2D eigenvalue weighted by Gasteiger charge is 2.33. The first kappa shape index (κ1) is 16.1. The van der Waals surface area contributed by atoms with Crippen LogP contribution in [0.2, 0.25) is 5.28 Å². The van der Waals surface area contributed by atoms with Crippen molar-refractivity contribution in [3.63, 3.8) is 0 Å². The third-order valence-electron chi connectivity index (χ3n) is 2.73. The van der Waals surface area contributed by atoms with Crippen LogP contribution in [0.15, 0.2) is 6.20 Å². The summed E-state index contributed by atoms with van der Waals surface area (Å²) in [5.41, 5.74) is -0.372. The van der Waals surface area contributed by atoms with Crippen molar-refractivity contribution in [2.24, 2.45) is 0 Å². The molecule has 1 aromatic rings. The van der Waals surface area contributed by atoms with E-state index in [4.69, 9.17) is 11.6 Å². The molecule has 8 nitrogen and oxygen atoms in total. The highest BCUT2D eigenvalue weighted by atomic mass is 35.5. The Bertz CT molecular complexity index is 523. The van der Waals surface area contributed by atoms with Crippen LogP contribution in [0.4, 0.5) is 11.5 Å². The summed E-state index contributed by atoms with van der Waals surface area (Å²) in [4.78, 5) is 30.5. The molecule has 110 valence electrons. The molecule has 0 saturated carbocycles. The number of hydrogen-bond donors (Lipinski definition) is 1. The Balaban J connectivity index is 3.45. The second-order valence-corrected chi connectivity index (χ2v) is 4.71. The number of aromatic nitrogens is 2. The van der Waals surface area contributed by atoms with Gasteiger partial charge in [0.25, 0.3) is 0 Å². The first-order chi connectivity index (χ1) is 9.29. The van der Waals surface area contributed by atoms with Crippen LogP contribution in [0.1, 0.15) is 27.2 Å². The van der Waals surface area contributed by atoms with Crippen molar-refractivity contribution in [2.75, 3.05) is 4.90 Å². The van der Waals surface area contributed by atoms with Gasteiger partial charge in [0, 0.05) is 6.04 Å². The quantitative estimate of drug-likeness (QED) is 0.487. The van der Waals surface area contributed by atoms with Gasteiger partial charge in [0.1, 0.15) is 12.2 Å². The maximum atomic E-state index is 11.3. The smallest absolute Gasteiger partial charge is 0.329 e. The van der Waals surface area contributed by atoms with Gasteiger partial charge in [-0.1, -0.05) is 6.92 Å². The molecular weight excluding hydrogens is 288 g/mol. The third kappa shape index (κ3) is 3.32. The largest absolute Gasteiger partial charge is 0.480 e. The van der Waals surface area contributed by atoms with Crippen molar-refractivity contribution in [2.45, 2.75) is 39.3 Å². The first-order valence-electron chi connectivity index (χ1n) is 5.97. The van der Waals surface area contributed by atoms with E-state index >= 15 is 0 Å². The minimum atomic E-state index is -1.08. The molecule has 0 aliphatic heterocycles. The Morgan fingerprint density at radius 2 is 2.20 bits per heavy atom. The second-order valence-electron chi connectivity index (χ2n) is 4.37. The molecule has 0 saturated heterocycles. The summed E-state index contributed by atoms with van der Waals surface area (Å²) in [6, 6.07) is -1.24. The molecule has 0 aromatic carbocycles. The molecule has 0 unspecified atom stereocenters. The van der Waals surface area contributed by atoms with E-state index in [0.29, 0.717) is 0 Å². The summed E-state index contributed by atoms with van der Waals surface area (Å²) < 4.78 is 0. The number of anilines is 1. The van der Waals surface area contributed by atoms with Gasteiger partial charge >= 0.3 is 11.7 Å². The maximum Gasteiger partial charge on any atom is 0.329 e. The zero-order valence-electron chi connectivity index (χ0n) is 11.3. The number of nitrogens with zero attached hydrogens (tertiary/aromatic N) is 4. The molecule has 20 heavy (non-hydrogen) atoms. The molecule has 1 atom stereocenters. The number of aliphatic carboxylic acids is 1. The topological polar surface area (TPSA) is 109 Å². The molecule has 1 rings (SSSR count). The standard InChI is InChI=1S/C11H15ClN4O4/c1-4-7(10(17)18)15(6(2)3)9-8(16(19)20)5-13-11(12)14-9/h5-7H,4H2,1-3H3,(H,17,18)/t7-/m0/s1. The summed E-state index contributed by atoms with van der Waals surface area (Å²) in [5, 5.41) is 20.1. The summed E-state index contributed by atoms with van der Waals surface area (Å²) >= 11 is 5.68. The SMILES string of the molecule is CC[C@@H](C(=O)O)N(c1nc(Cl)ncc1[N+](=O)[O-])C(C)C. The zero-order chi connectivity index (χ0) is 15.4. The zero-order valence-corrected chi connectivity index (χ0v) is 12.0. The van der Waals surface area contributed by atoms with Crippen LogP contribution < -0.4 is 4.90 Å². The number of carboxylic acid groups (broad SMARTS) is 1. The lowest BCUT2D eigenvalue weighted by Crippen LogP contribution is -2.46. The minimum Gasteiger partial charge on any atom is -0.480 e. The van der Waals surface area contributed by atoms with Crippen LogP contribution in [0.25, 0.3) is 0 Å². The lowest BCUT2D eigenvalue weighted by atomic mass is 10.1. The van der Waals surface area contributed by atoms with E-state index in [-0.39, 0.29) is 29.3 Å². The number of hydrogen-bond acceptors (Lipinski definition) is 6. The third-order valence-corrected chi connectivity index (χ3v) is 2.91. The van der Waals surface area contributed by atoms with Gasteiger partial charge in [-0.25, -0.2) is 9.78 Å². The Labute approximate surface area is 120 Å². The summed E-state index contributed by atoms with van der Waals surface area (Å²) in [5.74, 6) is -1.16. The monoisotopic (exact) mass is 302 g/mol. The van der Waals surface area contributed by atoms with Crippen LogP contribution in [-0.4, -0.2) is 38.1 Å². The molecule has 9 heteroatoms. The molecule has 0 fully saturated rings. The van der Waals surface area contributed by atoms with Gasteiger partial charge in [-0.15, -0.1) is 0 Å². The van der Waals surface area contributed by atoms with Crippen molar-refractivity contribution >= 4 is 29.1 Å². The average molecular weight is 303 g/mol. The molecule has 1 N–H and O–H groups in total. The Morgan fingerprint density at radius 1 is 1.60 bits per heavy atom. The van der Waals surface area contributed by atoms with Gasteiger partial charge < -0.3 is 10.0 Å². The predicted molar refractivity (Wildman–Crippen MR) is 73.0 cm³/mol. The van der Waals surface area contributed by atoms with E-state index in [1.54, 1.807) is 20.8 Å². The van der Waals surface area contributed by atoms with Gasteiger partial charge in [0.05, 0.1) is 4.92 Å². The Hall–Kier alpha value is -1.96. The van der Waals surface area contributed by atoms with Crippen LogP contribution in [0.3, 0.4) is 0 Å². The van der Waals surface area contributed by atoms with Crippen molar-refractivity contribution in [3.8, 4) is 0 Å². The number of halogens is 1. The molecule has 1 heterocycles. The lowest BCUT2D eigenvalue weighted by Gasteiger charge is -2.32. The molecule has 0 radical (unpaired) electrons. The van der Waals surface area contributed by atoms with Gasteiger partial charge in [0.15, 0.2) is 0 Å². The van der Waals surface area contributed by atoms with Crippen LogP contribution in [-0.2, 0) is 4.79 Å². The van der Waals surface area contributed by atoms with Crippen molar-refractivity contribution in [3.05, 3.63) is 21.6 Å². The molecule has 0 spiro atoms. The van der Waals surface area contributed by atoms with Gasteiger partial charge in [-0.3, -0.25) is 10.1 Å². The minimum absolute atomic E-state index is 0.0840. The van der Waals surface area contributed by atoms with Gasteiger partial charge in [-0.05, 0) is 31.9 Å². The van der Waals surface area contributed by atoms with Crippen molar-refractivity contribution in [1.82, 2.24) is 9.97 Å². The fraction of sp³-hybridized carbons (Fsp3) is 0.545. The average Bonchev–Trinajstić information content (AvgIpc) is 2.34. The summed E-state index contributed by atoms with van der Waals surface area (Å²) in [6.45, 7) is 5.14. The summed E-state index contributed by atoms with van der Waals surface area (Å²) in [7, 11) is 0. The van der Waals surface area contributed by atoms with Crippen LogP contribution >= 0.6 is 11.6 Å². The van der Waals surface area contributed by atoms with E-state index < -0.39 is 16.9 Å². The van der Waals surface area contributed by atoms with E-state index in [1.165, 1.54) is 4.90 Å². The number of rotatable bonds is 6. The Morgan fingerprint density at radius 3 is 2.60 bits per heavy atom. The molecule has 1 aromatic heterocycles. The molecule has 0 bridgehead atoms. The van der Waals surface area contributed by atoms with Crippen molar-refractivity contribution in [1.29, 1.82) is 0 Å². The highest BCUT2D eigenvalue weighted by Crippen LogP contribution is 2.30. The fourth-order valence-electron chi connectivity index (χ4n) is 1.91. The lowest BCUT2D eigenvalue weighted by molar-refractivity contribution is -0.384. The number of nitro groups is 1. The van der Waals surface area contributed by atoms with E-state index in [0.717, 1.165) is 6.20 Å². The Kier molecular flexibility index (Phi) is 5.20. The fourth-order valence-corrected chi connectivity index (χ4v) is 2.04. The normalized spacial score (nSPS) is 12.2.